The number of phenols is 2. The maximum Gasteiger partial charge on any atom is 0.343 e. The zero-order chi connectivity index (χ0) is 23.3. The molecule has 0 radical (unpaired) electrons. The fraction of sp³-hybridized carbons (Fsp3) is 0.0952. The van der Waals surface area contributed by atoms with E-state index in [1.165, 1.54) is 17.2 Å². The number of carbonyl (C=O) groups excluding carboxylic acids is 2. The zero-order valence-corrected chi connectivity index (χ0v) is 19.6. The van der Waals surface area contributed by atoms with E-state index in [-0.39, 0.29) is 34.6 Å². The number of hydrogen-bond acceptors (Lipinski definition) is 8. The maximum absolute atomic E-state index is 12.5. The molecule has 0 aliphatic rings. The van der Waals surface area contributed by atoms with Gasteiger partial charge in [-0.1, -0.05) is 30.3 Å². The predicted molar refractivity (Wildman–Crippen MR) is 127 cm³/mol. The van der Waals surface area contributed by atoms with Crippen LogP contribution < -0.4 is 16.2 Å². The Hall–Kier alpha value is -3.15. The van der Waals surface area contributed by atoms with Crippen molar-refractivity contribution in [3.63, 3.8) is 0 Å². The van der Waals surface area contributed by atoms with Crippen LogP contribution in [0.3, 0.4) is 0 Å². The molecule has 0 unspecified atom stereocenters. The number of rotatable bonds is 7. The van der Waals surface area contributed by atoms with Crippen LogP contribution in [-0.2, 0) is 14.4 Å². The molecule has 0 fully saturated rings. The Morgan fingerprint density at radius 3 is 2.50 bits per heavy atom. The van der Waals surface area contributed by atoms with Crippen LogP contribution in [0.5, 0.6) is 11.5 Å². The van der Waals surface area contributed by atoms with Crippen LogP contribution in [0.4, 0.5) is 5.69 Å². The van der Waals surface area contributed by atoms with E-state index < -0.39 is 11.9 Å². The van der Waals surface area contributed by atoms with Gasteiger partial charge in [-0.2, -0.15) is 11.0 Å². The molecule has 5 N–H and O–H groups in total. The molecule has 9 nitrogen and oxygen atoms in total. The number of hydrazone groups is 1. The molecule has 0 aliphatic heterocycles. The number of phenolic OH excluding ortho intramolecular Hbond substituents is 2. The molecule has 0 bridgehead atoms. The van der Waals surface area contributed by atoms with Gasteiger partial charge >= 0.3 is 5.97 Å². The van der Waals surface area contributed by atoms with E-state index in [9.17, 15) is 19.8 Å². The summed E-state index contributed by atoms with van der Waals surface area (Å²) in [6, 6.07) is 14.6. The summed E-state index contributed by atoms with van der Waals surface area (Å²) in [5, 5.41) is 25.6. The van der Waals surface area contributed by atoms with E-state index in [0.717, 1.165) is 10.8 Å². The standard InChI is InChI=1S/C21H18Br2N4O5/c22-16-8-14(20(30)19(23)21(16)31)9-25-26-17(28)10-27(11-18(29)32-24)15-6-5-12-3-1-2-4-13(12)7-15/h1-9,30-31H,10-11,24H2,(H,26,28)/b25-9+. The number of halogens is 2. The van der Waals surface area contributed by atoms with Gasteiger partial charge in [0.25, 0.3) is 5.91 Å². The topological polar surface area (TPSA) is 137 Å². The van der Waals surface area contributed by atoms with Gasteiger partial charge in [0.05, 0.1) is 17.2 Å². The largest absolute Gasteiger partial charge is 0.506 e. The van der Waals surface area contributed by atoms with Gasteiger partial charge in [0.1, 0.15) is 22.5 Å². The normalized spacial score (nSPS) is 11.0. The van der Waals surface area contributed by atoms with Crippen molar-refractivity contribution in [1.82, 2.24) is 5.43 Å². The van der Waals surface area contributed by atoms with Crippen molar-refractivity contribution >= 4 is 66.4 Å². The number of nitrogens with two attached hydrogens (primary N) is 1. The van der Waals surface area contributed by atoms with Crippen LogP contribution >= 0.6 is 31.9 Å². The molecule has 32 heavy (non-hydrogen) atoms. The molecule has 3 aromatic carbocycles. The molecule has 0 atom stereocenters. The second kappa shape index (κ2) is 10.4. The summed E-state index contributed by atoms with van der Waals surface area (Å²) >= 11 is 6.22. The van der Waals surface area contributed by atoms with Crippen LogP contribution in [0.25, 0.3) is 10.8 Å². The van der Waals surface area contributed by atoms with Crippen LogP contribution in [0.15, 0.2) is 62.6 Å². The van der Waals surface area contributed by atoms with E-state index in [1.807, 2.05) is 36.4 Å². The fourth-order valence-corrected chi connectivity index (χ4v) is 4.06. The minimum atomic E-state index is -0.710. The lowest BCUT2D eigenvalue weighted by atomic mass is 10.1. The van der Waals surface area contributed by atoms with Gasteiger partial charge in [-0.3, -0.25) is 4.79 Å². The third-order valence-electron chi connectivity index (χ3n) is 4.47. The number of fused-ring (bicyclic) bond motifs is 1. The highest BCUT2D eigenvalue weighted by Crippen LogP contribution is 2.40. The van der Waals surface area contributed by atoms with Crippen molar-refractivity contribution in [3.8, 4) is 11.5 Å². The number of aromatic hydroxyl groups is 2. The quantitative estimate of drug-likeness (QED) is 0.255. The van der Waals surface area contributed by atoms with Crippen molar-refractivity contribution in [1.29, 1.82) is 0 Å². The molecular weight excluding hydrogens is 548 g/mol. The first-order valence-electron chi connectivity index (χ1n) is 9.15. The number of carbonyl (C=O) groups is 2. The molecular formula is C21H18Br2N4O5. The SMILES string of the molecule is NOC(=O)CN(CC(=O)N/N=C/c1cc(Br)c(O)c(Br)c1O)c1ccc2ccccc2c1. The number of benzene rings is 3. The smallest absolute Gasteiger partial charge is 0.343 e. The Labute approximate surface area is 199 Å². The van der Waals surface area contributed by atoms with E-state index in [2.05, 4.69) is 47.2 Å². The van der Waals surface area contributed by atoms with Crippen molar-refractivity contribution in [2.24, 2.45) is 11.0 Å². The Kier molecular flexibility index (Phi) is 7.67. The molecule has 1 amide bonds. The molecule has 0 aliphatic carbocycles. The first kappa shape index (κ1) is 23.5. The Balaban J connectivity index is 1.75. The Morgan fingerprint density at radius 1 is 1.06 bits per heavy atom. The van der Waals surface area contributed by atoms with Gasteiger partial charge in [-0.05, 0) is 60.8 Å². The van der Waals surface area contributed by atoms with Crippen molar-refractivity contribution in [2.45, 2.75) is 0 Å². The first-order chi connectivity index (χ1) is 15.3. The number of hydrogen-bond donors (Lipinski definition) is 4. The highest BCUT2D eigenvalue weighted by atomic mass is 79.9. The van der Waals surface area contributed by atoms with E-state index in [1.54, 1.807) is 6.07 Å². The molecule has 0 spiro atoms. The van der Waals surface area contributed by atoms with Gasteiger partial charge in [-0.15, -0.1) is 0 Å². The molecule has 3 aromatic rings. The predicted octanol–water partition coefficient (Wildman–Crippen LogP) is 3.15. The Bertz CT molecular complexity index is 1200. The summed E-state index contributed by atoms with van der Waals surface area (Å²) in [5.41, 5.74) is 3.21. The summed E-state index contributed by atoms with van der Waals surface area (Å²) in [7, 11) is 0. The molecule has 3 rings (SSSR count). The molecule has 0 heterocycles. The second-order valence-electron chi connectivity index (χ2n) is 6.63. The van der Waals surface area contributed by atoms with Crippen molar-refractivity contribution in [3.05, 3.63) is 63.0 Å². The highest BCUT2D eigenvalue weighted by molar-refractivity contribution is 9.11. The zero-order valence-electron chi connectivity index (χ0n) is 16.5. The second-order valence-corrected chi connectivity index (χ2v) is 8.28. The monoisotopic (exact) mass is 564 g/mol. The van der Waals surface area contributed by atoms with Gasteiger partial charge in [0, 0.05) is 11.3 Å². The summed E-state index contributed by atoms with van der Waals surface area (Å²) in [6.45, 7) is -0.454. The summed E-state index contributed by atoms with van der Waals surface area (Å²) in [4.78, 5) is 30.0. The first-order valence-corrected chi connectivity index (χ1v) is 10.7. The molecule has 0 aromatic heterocycles. The van der Waals surface area contributed by atoms with Crippen LogP contribution in [0.2, 0.25) is 0 Å². The molecule has 166 valence electrons. The summed E-state index contributed by atoms with van der Waals surface area (Å²) in [6.07, 6.45) is 1.22. The average molecular weight is 566 g/mol. The van der Waals surface area contributed by atoms with Crippen LogP contribution in [0.1, 0.15) is 5.56 Å². The highest BCUT2D eigenvalue weighted by Gasteiger charge is 2.17. The number of amides is 1. The average Bonchev–Trinajstić information content (AvgIpc) is 2.80. The van der Waals surface area contributed by atoms with Crippen molar-refractivity contribution in [2.75, 3.05) is 18.0 Å². The Morgan fingerprint density at radius 2 is 1.78 bits per heavy atom. The number of nitrogens with zero attached hydrogens (tertiary/aromatic N) is 2. The lowest BCUT2D eigenvalue weighted by Crippen LogP contribution is -2.39. The van der Waals surface area contributed by atoms with E-state index in [4.69, 9.17) is 5.90 Å². The molecule has 11 heteroatoms. The third kappa shape index (κ3) is 5.55. The lowest BCUT2D eigenvalue weighted by Gasteiger charge is -2.22. The van der Waals surface area contributed by atoms with Gasteiger partial charge in [0.2, 0.25) is 0 Å². The summed E-state index contributed by atoms with van der Waals surface area (Å²) < 4.78 is 0.417. The molecule has 0 saturated carbocycles. The van der Waals surface area contributed by atoms with Gasteiger partial charge < -0.3 is 20.0 Å². The van der Waals surface area contributed by atoms with Crippen molar-refractivity contribution < 1.29 is 24.6 Å². The lowest BCUT2D eigenvalue weighted by molar-refractivity contribution is -0.142. The maximum atomic E-state index is 12.5. The minimum Gasteiger partial charge on any atom is -0.506 e. The number of anilines is 1. The molecule has 0 saturated heterocycles. The van der Waals surface area contributed by atoms with Crippen LogP contribution in [0, 0.1) is 0 Å². The summed E-state index contributed by atoms with van der Waals surface area (Å²) in [5.74, 6) is 3.33. The number of nitrogens with one attached hydrogen (secondary N) is 1. The minimum absolute atomic E-state index is 0.0856. The van der Waals surface area contributed by atoms with E-state index in [0.29, 0.717) is 10.2 Å². The van der Waals surface area contributed by atoms with E-state index >= 15 is 0 Å². The fourth-order valence-electron chi connectivity index (χ4n) is 2.90. The van der Waals surface area contributed by atoms with Crippen LogP contribution in [-0.4, -0.2) is 41.4 Å². The third-order valence-corrected chi connectivity index (χ3v) is 5.83. The van der Waals surface area contributed by atoms with Gasteiger partial charge in [-0.25, -0.2) is 10.2 Å². The van der Waals surface area contributed by atoms with Gasteiger partial charge in [0.15, 0.2) is 0 Å².